The maximum Gasteiger partial charge on any atom is 0.225 e. The quantitative estimate of drug-likeness (QED) is 0.859. The van der Waals surface area contributed by atoms with Crippen LogP contribution < -0.4 is 5.32 Å². The molecule has 118 valence electrons. The van der Waals surface area contributed by atoms with Crippen LogP contribution >= 0.6 is 11.3 Å². The van der Waals surface area contributed by atoms with Crippen molar-refractivity contribution in [3.8, 4) is 0 Å². The van der Waals surface area contributed by atoms with Gasteiger partial charge in [0.2, 0.25) is 5.91 Å². The van der Waals surface area contributed by atoms with E-state index in [9.17, 15) is 9.59 Å². The summed E-state index contributed by atoms with van der Waals surface area (Å²) < 4.78 is 0. The highest BCUT2D eigenvalue weighted by atomic mass is 32.1. The molecule has 0 saturated heterocycles. The highest BCUT2D eigenvalue weighted by molar-refractivity contribution is 7.16. The average Bonchev–Trinajstić information content (AvgIpc) is 2.58. The van der Waals surface area contributed by atoms with Crippen molar-refractivity contribution in [2.75, 3.05) is 5.32 Å². The molecule has 1 N–H and O–H groups in total. The van der Waals surface area contributed by atoms with Gasteiger partial charge >= 0.3 is 0 Å². The van der Waals surface area contributed by atoms with E-state index in [0.717, 1.165) is 9.88 Å². The molecule has 1 aromatic rings. The minimum Gasteiger partial charge on any atom is -0.318 e. The first-order valence-corrected chi connectivity index (χ1v) is 8.16. The van der Waals surface area contributed by atoms with E-state index >= 15 is 0 Å². The molecule has 1 aromatic heterocycles. The summed E-state index contributed by atoms with van der Waals surface area (Å²) in [5.41, 5.74) is 0.00491. The summed E-state index contributed by atoms with van der Waals surface area (Å²) in [5, 5.41) is 3.73. The zero-order chi connectivity index (χ0) is 16.3. The molecule has 0 unspecified atom stereocenters. The Kier molecular flexibility index (Phi) is 5.74. The Morgan fingerprint density at radius 1 is 1.00 bits per heavy atom. The van der Waals surface area contributed by atoms with Crippen molar-refractivity contribution in [1.29, 1.82) is 0 Å². The largest absolute Gasteiger partial charge is 0.318 e. The number of hydrogen-bond donors (Lipinski definition) is 1. The second-order valence-electron chi connectivity index (χ2n) is 8.00. The highest BCUT2D eigenvalue weighted by Crippen LogP contribution is 2.26. The summed E-state index contributed by atoms with van der Waals surface area (Å²) in [6.45, 7) is 12.3. The maximum absolute atomic E-state index is 12.0. The molecular formula is C17H27NO2S. The summed E-state index contributed by atoms with van der Waals surface area (Å²) in [4.78, 5) is 24.9. The third-order valence-corrected chi connectivity index (χ3v) is 3.71. The summed E-state index contributed by atoms with van der Waals surface area (Å²) in [5.74, 6) is 0.272. The van der Waals surface area contributed by atoms with Crippen LogP contribution in [0.1, 0.15) is 59.3 Å². The zero-order valence-corrected chi connectivity index (χ0v) is 14.8. The van der Waals surface area contributed by atoms with Gasteiger partial charge in [0.25, 0.3) is 0 Å². The van der Waals surface area contributed by atoms with Gasteiger partial charge in [-0.25, -0.2) is 0 Å². The molecule has 0 aliphatic carbocycles. The first kappa shape index (κ1) is 17.9. The molecule has 0 saturated carbocycles. The van der Waals surface area contributed by atoms with E-state index in [1.54, 1.807) is 0 Å². The molecule has 0 aromatic carbocycles. The van der Waals surface area contributed by atoms with Crippen LogP contribution in [0.2, 0.25) is 0 Å². The molecule has 21 heavy (non-hydrogen) atoms. The molecule has 3 nitrogen and oxygen atoms in total. The van der Waals surface area contributed by atoms with E-state index in [0.29, 0.717) is 19.3 Å². The van der Waals surface area contributed by atoms with E-state index in [1.807, 2.05) is 32.9 Å². The topological polar surface area (TPSA) is 46.2 Å². The molecule has 0 fully saturated rings. The number of ketones is 1. The van der Waals surface area contributed by atoms with Crippen LogP contribution in [-0.2, 0) is 16.0 Å². The number of Topliss-reactive ketones (excluding diaryl/α,β-unsaturated/α-hetero) is 1. The monoisotopic (exact) mass is 309 g/mol. The van der Waals surface area contributed by atoms with Crippen LogP contribution in [0, 0.1) is 10.8 Å². The predicted molar refractivity (Wildman–Crippen MR) is 89.8 cm³/mol. The normalized spacial score (nSPS) is 12.3. The minimum atomic E-state index is -0.0210. The number of amides is 1. The molecule has 4 heteroatoms. The van der Waals surface area contributed by atoms with E-state index in [-0.39, 0.29) is 22.5 Å². The molecule has 0 bridgehead atoms. The second-order valence-corrected chi connectivity index (χ2v) is 9.17. The van der Waals surface area contributed by atoms with Crippen molar-refractivity contribution >= 4 is 28.0 Å². The number of hydrogen-bond acceptors (Lipinski definition) is 3. The van der Waals surface area contributed by atoms with Crippen molar-refractivity contribution in [3.05, 3.63) is 17.0 Å². The summed E-state index contributed by atoms with van der Waals surface area (Å²) in [6.07, 6.45) is 1.52. The third kappa shape index (κ3) is 8.00. The Bertz CT molecular complexity index is 459. The minimum absolute atomic E-state index is 0.0210. The Labute approximate surface area is 132 Å². The fourth-order valence-electron chi connectivity index (χ4n) is 2.05. The number of carbonyl (C=O) groups is 2. The SMILES string of the molecule is CC(C)(C)CC(=O)Cc1ccc(NC(=O)CC(C)(C)C)s1. The molecule has 0 spiro atoms. The van der Waals surface area contributed by atoms with Crippen LogP contribution in [-0.4, -0.2) is 11.7 Å². The van der Waals surface area contributed by atoms with Gasteiger partial charge in [0, 0.05) is 24.1 Å². The van der Waals surface area contributed by atoms with Gasteiger partial charge < -0.3 is 5.32 Å². The molecule has 0 atom stereocenters. The molecule has 0 radical (unpaired) electrons. The third-order valence-electron chi connectivity index (χ3n) is 2.71. The van der Waals surface area contributed by atoms with Crippen molar-refractivity contribution in [2.24, 2.45) is 10.8 Å². The van der Waals surface area contributed by atoms with Gasteiger partial charge in [-0.15, -0.1) is 11.3 Å². The van der Waals surface area contributed by atoms with Crippen molar-refractivity contribution in [3.63, 3.8) is 0 Å². The fourth-order valence-corrected chi connectivity index (χ4v) is 3.00. The zero-order valence-electron chi connectivity index (χ0n) is 14.0. The van der Waals surface area contributed by atoms with Gasteiger partial charge in [0.05, 0.1) is 5.00 Å². The smallest absolute Gasteiger partial charge is 0.225 e. The summed E-state index contributed by atoms with van der Waals surface area (Å²) in [6, 6.07) is 3.81. The first-order valence-electron chi connectivity index (χ1n) is 7.35. The molecular weight excluding hydrogens is 282 g/mol. The van der Waals surface area contributed by atoms with E-state index < -0.39 is 0 Å². The number of carbonyl (C=O) groups excluding carboxylic acids is 2. The lowest BCUT2D eigenvalue weighted by atomic mass is 9.89. The van der Waals surface area contributed by atoms with E-state index in [1.165, 1.54) is 11.3 Å². The lowest BCUT2D eigenvalue weighted by Gasteiger charge is -2.16. The van der Waals surface area contributed by atoms with Crippen LogP contribution in [0.15, 0.2) is 12.1 Å². The van der Waals surface area contributed by atoms with Gasteiger partial charge in [-0.2, -0.15) is 0 Å². The van der Waals surface area contributed by atoms with E-state index in [4.69, 9.17) is 0 Å². The van der Waals surface area contributed by atoms with Gasteiger partial charge in [0.15, 0.2) is 0 Å². The van der Waals surface area contributed by atoms with Gasteiger partial charge in [-0.05, 0) is 23.0 Å². The molecule has 0 aliphatic rings. The first-order chi connectivity index (χ1) is 9.44. The van der Waals surface area contributed by atoms with Crippen molar-refractivity contribution in [2.45, 2.75) is 60.8 Å². The Hall–Kier alpha value is -1.16. The Morgan fingerprint density at radius 3 is 2.10 bits per heavy atom. The highest BCUT2D eigenvalue weighted by Gasteiger charge is 2.18. The van der Waals surface area contributed by atoms with Crippen molar-refractivity contribution < 1.29 is 9.59 Å². The average molecular weight is 309 g/mol. The van der Waals surface area contributed by atoms with Gasteiger partial charge in [0.1, 0.15) is 5.78 Å². The molecule has 1 amide bonds. The molecule has 1 heterocycles. The predicted octanol–water partition coefficient (Wildman–Crippen LogP) is 4.67. The molecule has 0 aliphatic heterocycles. The van der Waals surface area contributed by atoms with Crippen molar-refractivity contribution in [1.82, 2.24) is 0 Å². The second kappa shape index (κ2) is 6.73. The van der Waals surface area contributed by atoms with E-state index in [2.05, 4.69) is 26.1 Å². The number of anilines is 1. The van der Waals surface area contributed by atoms with Crippen LogP contribution in [0.4, 0.5) is 5.00 Å². The van der Waals surface area contributed by atoms with Crippen LogP contribution in [0.3, 0.4) is 0 Å². The van der Waals surface area contributed by atoms with Gasteiger partial charge in [-0.1, -0.05) is 41.5 Å². The van der Waals surface area contributed by atoms with Gasteiger partial charge in [-0.3, -0.25) is 9.59 Å². The summed E-state index contributed by atoms with van der Waals surface area (Å²) in [7, 11) is 0. The van der Waals surface area contributed by atoms with Crippen LogP contribution in [0.5, 0.6) is 0 Å². The lowest BCUT2D eigenvalue weighted by molar-refractivity contribution is -0.120. The Morgan fingerprint density at radius 2 is 1.57 bits per heavy atom. The number of rotatable bonds is 5. The summed E-state index contributed by atoms with van der Waals surface area (Å²) >= 11 is 1.49. The number of nitrogens with one attached hydrogen (secondary N) is 1. The molecule has 1 rings (SSSR count). The standard InChI is InChI=1S/C17H27NO2S/c1-16(2,3)10-12(19)9-13-7-8-15(21-13)18-14(20)11-17(4,5)6/h7-8H,9-11H2,1-6H3,(H,18,20). The number of thiophene rings is 1. The Balaban J connectivity index is 2.54. The fraction of sp³-hybridized carbons (Fsp3) is 0.647. The lowest BCUT2D eigenvalue weighted by Crippen LogP contribution is -2.19. The maximum atomic E-state index is 12.0. The van der Waals surface area contributed by atoms with Crippen LogP contribution in [0.25, 0.3) is 0 Å².